The molecule has 2 aromatic carbocycles. The SMILES string of the molecule is Cc1ccc(-c2ncc(C(=O)N[C@@H]3CCCC[C@H]3CO)nc2-c2ccc(C)cc2)cc1. The second-order valence-electron chi connectivity index (χ2n) is 8.49. The number of hydrogen-bond donors (Lipinski definition) is 2. The van der Waals surface area contributed by atoms with Gasteiger partial charge in [0.1, 0.15) is 5.69 Å². The minimum Gasteiger partial charge on any atom is -0.396 e. The molecular weight excluding hydrogens is 386 g/mol. The minimum atomic E-state index is -0.235. The number of rotatable bonds is 5. The summed E-state index contributed by atoms with van der Waals surface area (Å²) in [6.45, 7) is 4.19. The van der Waals surface area contributed by atoms with Crippen molar-refractivity contribution in [1.82, 2.24) is 15.3 Å². The van der Waals surface area contributed by atoms with Crippen LogP contribution in [0.4, 0.5) is 0 Å². The fourth-order valence-corrected chi connectivity index (χ4v) is 4.19. The zero-order valence-corrected chi connectivity index (χ0v) is 18.1. The molecule has 0 unspecified atom stereocenters. The summed E-state index contributed by atoms with van der Waals surface area (Å²) in [5.74, 6) is -0.129. The third-order valence-electron chi connectivity index (χ3n) is 6.12. The van der Waals surface area contributed by atoms with Gasteiger partial charge in [0, 0.05) is 29.7 Å². The van der Waals surface area contributed by atoms with E-state index in [1.54, 1.807) is 6.20 Å². The van der Waals surface area contributed by atoms with E-state index in [0.717, 1.165) is 48.1 Å². The molecule has 0 bridgehead atoms. The Morgan fingerprint density at radius 3 is 2.13 bits per heavy atom. The monoisotopic (exact) mass is 415 g/mol. The first-order chi connectivity index (χ1) is 15.0. The number of carbonyl (C=O) groups is 1. The van der Waals surface area contributed by atoms with E-state index in [2.05, 4.69) is 29.4 Å². The first-order valence-corrected chi connectivity index (χ1v) is 11.0. The van der Waals surface area contributed by atoms with Crippen molar-refractivity contribution in [2.75, 3.05) is 6.61 Å². The van der Waals surface area contributed by atoms with Crippen molar-refractivity contribution in [2.45, 2.75) is 45.6 Å². The van der Waals surface area contributed by atoms with Crippen LogP contribution in [0.5, 0.6) is 0 Å². The molecule has 5 heteroatoms. The van der Waals surface area contributed by atoms with Crippen molar-refractivity contribution in [3.05, 3.63) is 71.5 Å². The van der Waals surface area contributed by atoms with E-state index in [1.807, 2.05) is 43.3 Å². The van der Waals surface area contributed by atoms with E-state index in [1.165, 1.54) is 5.56 Å². The molecule has 1 amide bonds. The van der Waals surface area contributed by atoms with Crippen LogP contribution in [0.2, 0.25) is 0 Å². The lowest BCUT2D eigenvalue weighted by Crippen LogP contribution is -2.43. The second-order valence-corrected chi connectivity index (χ2v) is 8.49. The third kappa shape index (κ3) is 4.83. The Balaban J connectivity index is 1.69. The number of aliphatic hydroxyl groups is 1. The molecule has 1 aliphatic carbocycles. The van der Waals surface area contributed by atoms with E-state index in [0.29, 0.717) is 11.4 Å². The maximum atomic E-state index is 13.0. The number of hydrogen-bond acceptors (Lipinski definition) is 4. The van der Waals surface area contributed by atoms with Gasteiger partial charge in [0.15, 0.2) is 0 Å². The largest absolute Gasteiger partial charge is 0.396 e. The molecule has 1 aliphatic rings. The van der Waals surface area contributed by atoms with Crippen LogP contribution < -0.4 is 5.32 Å². The summed E-state index contributed by atoms with van der Waals surface area (Å²) in [5, 5.41) is 12.8. The number of aliphatic hydroxyl groups excluding tert-OH is 1. The van der Waals surface area contributed by atoms with Gasteiger partial charge < -0.3 is 10.4 Å². The lowest BCUT2D eigenvalue weighted by Gasteiger charge is -2.30. The van der Waals surface area contributed by atoms with Crippen LogP contribution in [0.1, 0.15) is 47.3 Å². The van der Waals surface area contributed by atoms with Crippen molar-refractivity contribution in [3.63, 3.8) is 0 Å². The molecule has 3 aromatic rings. The predicted octanol–water partition coefficient (Wildman–Crippen LogP) is 4.71. The maximum absolute atomic E-state index is 13.0. The molecule has 0 saturated heterocycles. The fourth-order valence-electron chi connectivity index (χ4n) is 4.19. The van der Waals surface area contributed by atoms with E-state index < -0.39 is 0 Å². The number of aromatic nitrogens is 2. The van der Waals surface area contributed by atoms with Gasteiger partial charge in [-0.3, -0.25) is 9.78 Å². The van der Waals surface area contributed by atoms with Gasteiger partial charge in [-0.05, 0) is 26.7 Å². The molecule has 31 heavy (non-hydrogen) atoms. The lowest BCUT2D eigenvalue weighted by molar-refractivity contribution is 0.0867. The Hall–Kier alpha value is -3.05. The summed E-state index contributed by atoms with van der Waals surface area (Å²) in [5.41, 5.74) is 5.98. The van der Waals surface area contributed by atoms with Crippen LogP contribution in [-0.4, -0.2) is 33.6 Å². The summed E-state index contributed by atoms with van der Waals surface area (Å²) >= 11 is 0. The van der Waals surface area contributed by atoms with Crippen LogP contribution in [0, 0.1) is 19.8 Å². The van der Waals surface area contributed by atoms with Gasteiger partial charge in [-0.15, -0.1) is 0 Å². The molecule has 5 nitrogen and oxygen atoms in total. The van der Waals surface area contributed by atoms with Gasteiger partial charge in [0.25, 0.3) is 5.91 Å². The van der Waals surface area contributed by atoms with Crippen LogP contribution in [-0.2, 0) is 0 Å². The van der Waals surface area contributed by atoms with E-state index in [9.17, 15) is 9.90 Å². The molecule has 1 fully saturated rings. The molecule has 1 heterocycles. The highest BCUT2D eigenvalue weighted by Crippen LogP contribution is 2.30. The summed E-state index contributed by atoms with van der Waals surface area (Å²) in [6.07, 6.45) is 5.54. The summed E-state index contributed by atoms with van der Waals surface area (Å²) < 4.78 is 0. The quantitative estimate of drug-likeness (QED) is 0.633. The first kappa shape index (κ1) is 21.2. The van der Waals surface area contributed by atoms with Crippen LogP contribution >= 0.6 is 0 Å². The Kier molecular flexibility index (Phi) is 6.42. The fraction of sp³-hybridized carbons (Fsp3) is 0.346. The molecule has 0 aliphatic heterocycles. The van der Waals surface area contributed by atoms with Gasteiger partial charge in [0.2, 0.25) is 0 Å². The average molecular weight is 416 g/mol. The first-order valence-electron chi connectivity index (χ1n) is 11.0. The molecule has 160 valence electrons. The van der Waals surface area contributed by atoms with Crippen LogP contribution in [0.25, 0.3) is 22.5 Å². The number of nitrogens with one attached hydrogen (secondary N) is 1. The molecule has 2 N–H and O–H groups in total. The number of amides is 1. The Morgan fingerprint density at radius 1 is 0.935 bits per heavy atom. The summed E-state index contributed by atoms with van der Waals surface area (Å²) in [7, 11) is 0. The Morgan fingerprint density at radius 2 is 1.52 bits per heavy atom. The van der Waals surface area contributed by atoms with Crippen LogP contribution in [0.3, 0.4) is 0 Å². The minimum absolute atomic E-state index is 0.0207. The normalized spacial score (nSPS) is 18.5. The number of nitrogens with zero attached hydrogens (tertiary/aromatic N) is 2. The van der Waals surface area contributed by atoms with E-state index >= 15 is 0 Å². The zero-order chi connectivity index (χ0) is 21.8. The highest BCUT2D eigenvalue weighted by molar-refractivity contribution is 5.93. The molecule has 0 spiro atoms. The predicted molar refractivity (Wildman–Crippen MR) is 123 cm³/mol. The maximum Gasteiger partial charge on any atom is 0.271 e. The number of benzene rings is 2. The van der Waals surface area contributed by atoms with Gasteiger partial charge in [-0.25, -0.2) is 4.98 Å². The van der Waals surface area contributed by atoms with Crippen molar-refractivity contribution in [2.24, 2.45) is 5.92 Å². The average Bonchev–Trinajstić information content (AvgIpc) is 2.80. The topological polar surface area (TPSA) is 75.1 Å². The third-order valence-corrected chi connectivity index (χ3v) is 6.12. The summed E-state index contributed by atoms with van der Waals surface area (Å²) in [6, 6.07) is 16.3. The molecule has 1 aromatic heterocycles. The smallest absolute Gasteiger partial charge is 0.271 e. The van der Waals surface area contributed by atoms with Crippen molar-refractivity contribution >= 4 is 5.91 Å². The molecule has 0 radical (unpaired) electrons. The van der Waals surface area contributed by atoms with E-state index in [-0.39, 0.29) is 24.5 Å². The molecule has 4 rings (SSSR count). The number of carbonyl (C=O) groups excluding carboxylic acids is 1. The number of aryl methyl sites for hydroxylation is 2. The van der Waals surface area contributed by atoms with Crippen molar-refractivity contribution in [1.29, 1.82) is 0 Å². The summed E-state index contributed by atoms with van der Waals surface area (Å²) in [4.78, 5) is 22.4. The Labute approximate surface area is 183 Å². The van der Waals surface area contributed by atoms with Crippen molar-refractivity contribution < 1.29 is 9.90 Å². The second kappa shape index (κ2) is 9.40. The van der Waals surface area contributed by atoms with Crippen molar-refractivity contribution in [3.8, 4) is 22.5 Å². The van der Waals surface area contributed by atoms with Crippen LogP contribution in [0.15, 0.2) is 54.7 Å². The molecule has 1 saturated carbocycles. The molecular formula is C26H29N3O2. The van der Waals surface area contributed by atoms with Gasteiger partial charge in [-0.2, -0.15) is 0 Å². The zero-order valence-electron chi connectivity index (χ0n) is 18.1. The molecule has 2 atom stereocenters. The van der Waals surface area contributed by atoms with E-state index in [4.69, 9.17) is 4.98 Å². The van der Waals surface area contributed by atoms with Gasteiger partial charge in [-0.1, -0.05) is 72.5 Å². The highest BCUT2D eigenvalue weighted by Gasteiger charge is 2.27. The lowest BCUT2D eigenvalue weighted by atomic mass is 9.85. The van der Waals surface area contributed by atoms with Gasteiger partial charge in [0.05, 0.1) is 17.6 Å². The Bertz CT molecular complexity index is 1050. The standard InChI is InChI=1S/C26H29N3O2/c1-17-7-11-19(12-8-17)24-25(20-13-9-18(2)10-14-20)28-23(15-27-24)26(31)29-22-6-4-3-5-21(22)16-30/h7-15,21-22,30H,3-6,16H2,1-2H3,(H,29,31)/t21-,22+/m0/s1. The highest BCUT2D eigenvalue weighted by atomic mass is 16.3. The van der Waals surface area contributed by atoms with Gasteiger partial charge >= 0.3 is 0 Å².